The standard InChI is InChI=1S/C26H31N3O/c1-4-24(21-13-9-6-10-14-21)26(30)29(18-20-11-7-5-8-12-20)19-22-17-23(27)15-16-25(22)28(2)3/h5-17,24H,4,18-19,27H2,1-3H3. The molecule has 156 valence electrons. The van der Waals surface area contributed by atoms with Crippen LogP contribution in [0, 0.1) is 0 Å². The molecule has 0 heterocycles. The van der Waals surface area contributed by atoms with E-state index in [1.54, 1.807) is 0 Å². The van der Waals surface area contributed by atoms with Crippen molar-refractivity contribution in [3.05, 3.63) is 95.6 Å². The van der Waals surface area contributed by atoms with Crippen LogP contribution in [0.15, 0.2) is 78.9 Å². The van der Waals surface area contributed by atoms with E-state index >= 15 is 0 Å². The number of hydrogen-bond donors (Lipinski definition) is 1. The first-order chi connectivity index (χ1) is 14.5. The molecule has 1 amide bonds. The summed E-state index contributed by atoms with van der Waals surface area (Å²) in [5, 5.41) is 0. The molecular weight excluding hydrogens is 370 g/mol. The van der Waals surface area contributed by atoms with Crippen molar-refractivity contribution < 1.29 is 4.79 Å². The Morgan fingerprint density at radius 1 is 0.900 bits per heavy atom. The highest BCUT2D eigenvalue weighted by atomic mass is 16.2. The van der Waals surface area contributed by atoms with E-state index in [4.69, 9.17) is 5.73 Å². The average Bonchev–Trinajstić information content (AvgIpc) is 2.75. The minimum atomic E-state index is -0.168. The van der Waals surface area contributed by atoms with Crippen molar-refractivity contribution in [3.8, 4) is 0 Å². The predicted octanol–water partition coefficient (Wildman–Crippen LogP) is 5.06. The molecule has 0 aromatic heterocycles. The molecule has 3 aromatic carbocycles. The lowest BCUT2D eigenvalue weighted by atomic mass is 9.94. The van der Waals surface area contributed by atoms with Gasteiger partial charge in [0.15, 0.2) is 0 Å². The maximum absolute atomic E-state index is 13.7. The number of carbonyl (C=O) groups excluding carboxylic acids is 1. The highest BCUT2D eigenvalue weighted by Crippen LogP contribution is 2.28. The summed E-state index contributed by atoms with van der Waals surface area (Å²) in [5.74, 6) is -0.0292. The lowest BCUT2D eigenvalue weighted by Gasteiger charge is -2.29. The van der Waals surface area contributed by atoms with Gasteiger partial charge in [0.2, 0.25) is 5.91 Å². The molecule has 2 N–H and O–H groups in total. The molecule has 0 aliphatic rings. The molecule has 4 nitrogen and oxygen atoms in total. The summed E-state index contributed by atoms with van der Waals surface area (Å²) in [4.78, 5) is 17.8. The molecule has 1 unspecified atom stereocenters. The first-order valence-electron chi connectivity index (χ1n) is 10.4. The van der Waals surface area contributed by atoms with Gasteiger partial charge in [-0.1, -0.05) is 67.6 Å². The molecule has 0 spiro atoms. The first kappa shape index (κ1) is 21.4. The Hall–Kier alpha value is -3.27. The molecule has 0 radical (unpaired) electrons. The molecule has 30 heavy (non-hydrogen) atoms. The zero-order valence-electron chi connectivity index (χ0n) is 18.1. The van der Waals surface area contributed by atoms with Crippen LogP contribution in [-0.2, 0) is 17.9 Å². The van der Waals surface area contributed by atoms with Crippen molar-refractivity contribution in [1.82, 2.24) is 4.90 Å². The third-order valence-corrected chi connectivity index (χ3v) is 5.38. The normalized spacial score (nSPS) is 11.7. The molecule has 0 aliphatic heterocycles. The van der Waals surface area contributed by atoms with E-state index in [2.05, 4.69) is 24.0 Å². The van der Waals surface area contributed by atoms with E-state index in [0.717, 1.165) is 28.8 Å². The average molecular weight is 402 g/mol. The fourth-order valence-corrected chi connectivity index (χ4v) is 3.85. The van der Waals surface area contributed by atoms with Crippen LogP contribution in [0.5, 0.6) is 0 Å². The molecule has 0 saturated carbocycles. The van der Waals surface area contributed by atoms with Crippen molar-refractivity contribution in [3.63, 3.8) is 0 Å². The number of rotatable bonds is 8. The summed E-state index contributed by atoms with van der Waals surface area (Å²) >= 11 is 0. The maximum Gasteiger partial charge on any atom is 0.230 e. The van der Waals surface area contributed by atoms with Crippen LogP contribution in [0.25, 0.3) is 0 Å². The summed E-state index contributed by atoms with van der Waals surface area (Å²) in [6.45, 7) is 3.14. The number of benzene rings is 3. The van der Waals surface area contributed by atoms with E-state index in [1.165, 1.54) is 0 Å². The van der Waals surface area contributed by atoms with Crippen molar-refractivity contribution in [2.24, 2.45) is 0 Å². The molecule has 1 atom stereocenters. The molecule has 0 fully saturated rings. The fraction of sp³-hybridized carbons (Fsp3) is 0.269. The summed E-state index contributed by atoms with van der Waals surface area (Å²) in [5.41, 5.74) is 11.1. The first-order valence-corrected chi connectivity index (χ1v) is 10.4. The van der Waals surface area contributed by atoms with Gasteiger partial charge >= 0.3 is 0 Å². The lowest BCUT2D eigenvalue weighted by molar-refractivity contribution is -0.134. The molecule has 3 rings (SSSR count). The van der Waals surface area contributed by atoms with Gasteiger partial charge in [-0.2, -0.15) is 0 Å². The van der Waals surface area contributed by atoms with Gasteiger partial charge in [0.1, 0.15) is 0 Å². The Morgan fingerprint density at radius 2 is 1.53 bits per heavy atom. The largest absolute Gasteiger partial charge is 0.399 e. The second kappa shape index (κ2) is 9.97. The summed E-state index contributed by atoms with van der Waals surface area (Å²) in [7, 11) is 4.02. The molecule has 4 heteroatoms. The third-order valence-electron chi connectivity index (χ3n) is 5.38. The predicted molar refractivity (Wildman–Crippen MR) is 125 cm³/mol. The van der Waals surface area contributed by atoms with Crippen LogP contribution in [0.1, 0.15) is 36.0 Å². The molecule has 0 aliphatic carbocycles. The minimum absolute atomic E-state index is 0.139. The van der Waals surface area contributed by atoms with E-state index in [0.29, 0.717) is 18.8 Å². The zero-order valence-corrected chi connectivity index (χ0v) is 18.1. The summed E-state index contributed by atoms with van der Waals surface area (Å²) < 4.78 is 0. The van der Waals surface area contributed by atoms with Gasteiger partial charge in [0.25, 0.3) is 0 Å². The minimum Gasteiger partial charge on any atom is -0.399 e. The summed E-state index contributed by atoms with van der Waals surface area (Å²) in [6.07, 6.45) is 0.756. The number of hydrogen-bond acceptors (Lipinski definition) is 3. The van der Waals surface area contributed by atoms with Crippen molar-refractivity contribution in [2.75, 3.05) is 24.7 Å². The summed E-state index contributed by atoms with van der Waals surface area (Å²) in [6, 6.07) is 26.1. The van der Waals surface area contributed by atoms with Gasteiger partial charge in [-0.15, -0.1) is 0 Å². The number of anilines is 2. The Kier molecular flexibility index (Phi) is 7.12. The molecule has 0 bridgehead atoms. The quantitative estimate of drug-likeness (QED) is 0.537. The van der Waals surface area contributed by atoms with Crippen molar-refractivity contribution in [2.45, 2.75) is 32.4 Å². The maximum atomic E-state index is 13.7. The number of carbonyl (C=O) groups is 1. The van der Waals surface area contributed by atoms with E-state index in [-0.39, 0.29) is 11.8 Å². The Balaban J connectivity index is 1.96. The van der Waals surface area contributed by atoms with Crippen LogP contribution in [-0.4, -0.2) is 24.9 Å². The molecule has 0 saturated heterocycles. The van der Waals surface area contributed by atoms with Gasteiger partial charge in [-0.3, -0.25) is 4.79 Å². The number of amides is 1. The Bertz CT molecular complexity index is 955. The highest BCUT2D eigenvalue weighted by molar-refractivity contribution is 5.84. The van der Waals surface area contributed by atoms with Crippen LogP contribution in [0.3, 0.4) is 0 Å². The monoisotopic (exact) mass is 401 g/mol. The highest BCUT2D eigenvalue weighted by Gasteiger charge is 2.25. The molecular formula is C26H31N3O. The third kappa shape index (κ3) is 5.20. The van der Waals surface area contributed by atoms with E-state index in [9.17, 15) is 4.79 Å². The second-order valence-corrected chi connectivity index (χ2v) is 7.83. The van der Waals surface area contributed by atoms with Gasteiger partial charge in [0, 0.05) is 38.6 Å². The second-order valence-electron chi connectivity index (χ2n) is 7.83. The zero-order chi connectivity index (χ0) is 21.5. The number of nitrogens with zero attached hydrogens (tertiary/aromatic N) is 2. The lowest BCUT2D eigenvalue weighted by Crippen LogP contribution is -2.34. The fourth-order valence-electron chi connectivity index (χ4n) is 3.85. The van der Waals surface area contributed by atoms with Gasteiger partial charge in [-0.25, -0.2) is 0 Å². The van der Waals surface area contributed by atoms with Crippen LogP contribution in [0.2, 0.25) is 0 Å². The SMILES string of the molecule is CCC(C(=O)N(Cc1ccccc1)Cc1cc(N)ccc1N(C)C)c1ccccc1. The van der Waals surface area contributed by atoms with Crippen molar-refractivity contribution >= 4 is 17.3 Å². The Labute approximate surface area is 179 Å². The number of nitrogens with two attached hydrogens (primary N) is 1. The van der Waals surface area contributed by atoms with E-state index < -0.39 is 0 Å². The van der Waals surface area contributed by atoms with Crippen LogP contribution >= 0.6 is 0 Å². The topological polar surface area (TPSA) is 49.6 Å². The van der Waals surface area contributed by atoms with Crippen molar-refractivity contribution in [1.29, 1.82) is 0 Å². The van der Waals surface area contributed by atoms with Gasteiger partial charge < -0.3 is 15.5 Å². The van der Waals surface area contributed by atoms with Crippen LogP contribution in [0.4, 0.5) is 11.4 Å². The van der Waals surface area contributed by atoms with Gasteiger partial charge in [0.05, 0.1) is 5.92 Å². The van der Waals surface area contributed by atoms with Crippen LogP contribution < -0.4 is 10.6 Å². The van der Waals surface area contributed by atoms with Gasteiger partial charge in [-0.05, 0) is 41.3 Å². The number of nitrogen functional groups attached to an aromatic ring is 1. The smallest absolute Gasteiger partial charge is 0.230 e. The molecule has 3 aromatic rings. The van der Waals surface area contributed by atoms with E-state index in [1.807, 2.05) is 85.7 Å². The Morgan fingerprint density at radius 3 is 2.13 bits per heavy atom.